The Kier molecular flexibility index (Phi) is 3.66. The van der Waals surface area contributed by atoms with Crippen molar-refractivity contribution < 1.29 is 23.1 Å². The second kappa shape index (κ2) is 4.79. The van der Waals surface area contributed by atoms with Gasteiger partial charge in [0.1, 0.15) is 0 Å². The first-order valence-corrected chi connectivity index (χ1v) is 7.76. The Balaban J connectivity index is 2.17. The number of hydrogen-bond acceptors (Lipinski definition) is 4. The number of ether oxygens (including phenoxy) is 1. The van der Waals surface area contributed by atoms with Crippen molar-refractivity contribution >= 4 is 16.0 Å². The van der Waals surface area contributed by atoms with Gasteiger partial charge in [0.05, 0.1) is 11.2 Å². The van der Waals surface area contributed by atoms with Crippen LogP contribution in [0.3, 0.4) is 0 Å². The molecule has 2 fully saturated rings. The van der Waals surface area contributed by atoms with E-state index in [1.807, 2.05) is 6.92 Å². The molecule has 1 unspecified atom stereocenters. The van der Waals surface area contributed by atoms with Crippen molar-refractivity contribution in [2.75, 3.05) is 32.1 Å². The lowest BCUT2D eigenvalue weighted by Gasteiger charge is -2.35. The van der Waals surface area contributed by atoms with Crippen molar-refractivity contribution in [1.29, 1.82) is 0 Å². The Hall–Kier alpha value is -0.660. The highest BCUT2D eigenvalue weighted by atomic mass is 32.2. The first-order valence-electron chi connectivity index (χ1n) is 6.15. The number of nitrogens with zero attached hydrogens (tertiary/aromatic N) is 1. The van der Waals surface area contributed by atoms with E-state index >= 15 is 0 Å². The second-order valence-corrected chi connectivity index (χ2v) is 7.39. The molecule has 1 atom stereocenters. The molecular formula is C11H19NO5S. The normalized spacial score (nSPS) is 31.3. The molecule has 0 aromatic carbocycles. The third kappa shape index (κ3) is 2.53. The Bertz CT molecular complexity index is 427. The zero-order valence-corrected chi connectivity index (χ0v) is 11.3. The van der Waals surface area contributed by atoms with E-state index in [4.69, 9.17) is 4.74 Å². The van der Waals surface area contributed by atoms with Gasteiger partial charge >= 0.3 is 5.97 Å². The van der Waals surface area contributed by atoms with Crippen molar-refractivity contribution in [3.63, 3.8) is 0 Å². The fourth-order valence-electron chi connectivity index (χ4n) is 2.68. The maximum atomic E-state index is 11.9. The molecular weight excluding hydrogens is 258 g/mol. The molecule has 104 valence electrons. The summed E-state index contributed by atoms with van der Waals surface area (Å²) in [7, 11) is -3.28. The van der Waals surface area contributed by atoms with Crippen LogP contribution in [-0.2, 0) is 19.6 Å². The molecule has 6 nitrogen and oxygen atoms in total. The molecule has 1 N–H and O–H groups in total. The summed E-state index contributed by atoms with van der Waals surface area (Å²) in [5.41, 5.74) is -0.977. The van der Waals surface area contributed by atoms with Crippen molar-refractivity contribution in [1.82, 2.24) is 4.31 Å². The van der Waals surface area contributed by atoms with Crippen LogP contribution in [-0.4, -0.2) is 55.9 Å². The van der Waals surface area contributed by atoms with Gasteiger partial charge in [-0.2, -0.15) is 0 Å². The maximum Gasteiger partial charge on any atom is 0.311 e. The summed E-state index contributed by atoms with van der Waals surface area (Å²) in [6.07, 6.45) is 0.755. The zero-order chi connectivity index (χ0) is 13.4. The summed E-state index contributed by atoms with van der Waals surface area (Å²) in [5.74, 6) is -0.722. The molecule has 0 bridgehead atoms. The van der Waals surface area contributed by atoms with Crippen LogP contribution in [0.15, 0.2) is 0 Å². The lowest BCUT2D eigenvalue weighted by Crippen LogP contribution is -2.47. The monoisotopic (exact) mass is 277 g/mol. The molecule has 2 heterocycles. The average Bonchev–Trinajstić information content (AvgIpc) is 2.52. The molecule has 0 saturated carbocycles. The summed E-state index contributed by atoms with van der Waals surface area (Å²) in [6.45, 7) is 3.15. The van der Waals surface area contributed by atoms with E-state index in [9.17, 15) is 18.3 Å². The minimum atomic E-state index is -3.28. The van der Waals surface area contributed by atoms with Crippen molar-refractivity contribution in [2.45, 2.75) is 19.8 Å². The highest BCUT2D eigenvalue weighted by Gasteiger charge is 2.46. The fourth-order valence-corrected chi connectivity index (χ4v) is 4.64. The predicted octanol–water partition coefficient (Wildman–Crippen LogP) is 0.149. The summed E-state index contributed by atoms with van der Waals surface area (Å²) < 4.78 is 30.4. The molecule has 2 rings (SSSR count). The molecule has 2 aliphatic rings. The molecule has 0 aromatic rings. The largest absolute Gasteiger partial charge is 0.481 e. The van der Waals surface area contributed by atoms with E-state index in [1.165, 1.54) is 4.31 Å². The SMILES string of the molecule is CC1CN(CC2(C(=O)O)CCOCC2)S(=O)(=O)C1. The van der Waals surface area contributed by atoms with Gasteiger partial charge in [-0.05, 0) is 18.8 Å². The van der Waals surface area contributed by atoms with Gasteiger partial charge in [-0.3, -0.25) is 4.79 Å². The van der Waals surface area contributed by atoms with E-state index in [-0.39, 0.29) is 18.2 Å². The van der Waals surface area contributed by atoms with Crippen molar-refractivity contribution in [2.24, 2.45) is 11.3 Å². The van der Waals surface area contributed by atoms with Gasteiger partial charge in [0, 0.05) is 26.3 Å². The highest BCUT2D eigenvalue weighted by molar-refractivity contribution is 7.89. The molecule has 18 heavy (non-hydrogen) atoms. The quantitative estimate of drug-likeness (QED) is 0.794. The van der Waals surface area contributed by atoms with E-state index in [0.717, 1.165) is 0 Å². The molecule has 0 aromatic heterocycles. The molecule has 2 saturated heterocycles. The van der Waals surface area contributed by atoms with Crippen molar-refractivity contribution in [3.05, 3.63) is 0 Å². The first kappa shape index (κ1) is 13.8. The van der Waals surface area contributed by atoms with Crippen LogP contribution in [0.25, 0.3) is 0 Å². The number of carboxylic acid groups (broad SMARTS) is 1. The Labute approximate surface area is 107 Å². The summed E-state index contributed by atoms with van der Waals surface area (Å²) in [5, 5.41) is 9.41. The highest BCUT2D eigenvalue weighted by Crippen LogP contribution is 2.34. The van der Waals surface area contributed by atoms with Gasteiger partial charge in [-0.1, -0.05) is 6.92 Å². The minimum absolute atomic E-state index is 0.0701. The number of carbonyl (C=O) groups is 1. The molecule has 2 aliphatic heterocycles. The number of sulfonamides is 1. The van der Waals surface area contributed by atoms with Crippen LogP contribution < -0.4 is 0 Å². The number of hydrogen-bond donors (Lipinski definition) is 1. The number of rotatable bonds is 3. The lowest BCUT2D eigenvalue weighted by molar-refractivity contribution is -0.155. The zero-order valence-electron chi connectivity index (χ0n) is 10.5. The van der Waals surface area contributed by atoms with Gasteiger partial charge in [0.15, 0.2) is 0 Å². The van der Waals surface area contributed by atoms with Crippen LogP contribution >= 0.6 is 0 Å². The maximum absolute atomic E-state index is 11.9. The molecule has 0 radical (unpaired) electrons. The van der Waals surface area contributed by atoms with Crippen molar-refractivity contribution in [3.8, 4) is 0 Å². The van der Waals surface area contributed by atoms with Crippen LogP contribution in [0.2, 0.25) is 0 Å². The predicted molar refractivity (Wildman–Crippen MR) is 64.6 cm³/mol. The Morgan fingerprint density at radius 3 is 2.50 bits per heavy atom. The van der Waals surface area contributed by atoms with Crippen LogP contribution in [0, 0.1) is 11.3 Å². The van der Waals surface area contributed by atoms with E-state index in [1.54, 1.807) is 0 Å². The van der Waals surface area contributed by atoms with Gasteiger partial charge < -0.3 is 9.84 Å². The summed E-state index contributed by atoms with van der Waals surface area (Å²) >= 11 is 0. The lowest BCUT2D eigenvalue weighted by atomic mass is 9.80. The average molecular weight is 277 g/mol. The first-order chi connectivity index (χ1) is 8.36. The second-order valence-electron chi connectivity index (χ2n) is 5.37. The molecule has 0 spiro atoms. The third-order valence-corrected chi connectivity index (χ3v) is 5.84. The minimum Gasteiger partial charge on any atom is -0.481 e. The van der Waals surface area contributed by atoms with Gasteiger partial charge in [-0.25, -0.2) is 12.7 Å². The molecule has 0 amide bonds. The van der Waals surface area contributed by atoms with Crippen LogP contribution in [0.5, 0.6) is 0 Å². The topological polar surface area (TPSA) is 83.9 Å². The number of carboxylic acids is 1. The Morgan fingerprint density at radius 2 is 2.06 bits per heavy atom. The Morgan fingerprint density at radius 1 is 1.44 bits per heavy atom. The van der Waals surface area contributed by atoms with Crippen LogP contribution in [0.1, 0.15) is 19.8 Å². The standard InChI is InChI=1S/C11H19NO5S/c1-9-6-12(18(15,16)7-9)8-11(10(13)14)2-4-17-5-3-11/h9H,2-8H2,1H3,(H,13,14). The van der Waals surface area contributed by atoms with Gasteiger partial charge in [-0.15, -0.1) is 0 Å². The van der Waals surface area contributed by atoms with E-state index in [0.29, 0.717) is 32.6 Å². The van der Waals surface area contributed by atoms with E-state index < -0.39 is 21.4 Å². The van der Waals surface area contributed by atoms with Crippen LogP contribution in [0.4, 0.5) is 0 Å². The summed E-state index contributed by atoms with van der Waals surface area (Å²) in [4.78, 5) is 11.5. The van der Waals surface area contributed by atoms with Gasteiger partial charge in [0.25, 0.3) is 0 Å². The van der Waals surface area contributed by atoms with Gasteiger partial charge in [0.2, 0.25) is 10.0 Å². The van der Waals surface area contributed by atoms with E-state index in [2.05, 4.69) is 0 Å². The number of aliphatic carboxylic acids is 1. The summed E-state index contributed by atoms with van der Waals surface area (Å²) in [6, 6.07) is 0. The smallest absolute Gasteiger partial charge is 0.311 e. The fraction of sp³-hybridized carbons (Fsp3) is 0.909. The molecule has 0 aliphatic carbocycles. The molecule has 7 heteroatoms. The third-order valence-electron chi connectivity index (χ3n) is 3.79.